The summed E-state index contributed by atoms with van der Waals surface area (Å²) in [5.41, 5.74) is 2.59. The third-order valence-electron chi connectivity index (χ3n) is 3.49. The molecule has 0 aliphatic carbocycles. The molecule has 1 saturated heterocycles. The van der Waals surface area contributed by atoms with Crippen molar-refractivity contribution < 1.29 is 4.74 Å². The minimum Gasteiger partial charge on any atom is -0.379 e. The Morgan fingerprint density at radius 3 is 2.47 bits per heavy atom. The highest BCUT2D eigenvalue weighted by Gasteiger charge is 2.08. The molecule has 1 fully saturated rings. The quantitative estimate of drug-likeness (QED) is 0.780. The molecule has 4 nitrogen and oxygen atoms in total. The van der Waals surface area contributed by atoms with Gasteiger partial charge in [0, 0.05) is 52.5 Å². The van der Waals surface area contributed by atoms with Gasteiger partial charge in [-0.05, 0) is 17.7 Å². The van der Waals surface area contributed by atoms with Crippen LogP contribution in [0.4, 0.5) is 5.69 Å². The molecule has 4 heteroatoms. The van der Waals surface area contributed by atoms with E-state index in [4.69, 9.17) is 4.74 Å². The van der Waals surface area contributed by atoms with Crippen molar-refractivity contribution in [2.75, 3.05) is 58.4 Å². The standard InChI is InChI=1S/C15H25N3O/c1-17(2)15-5-3-14(4-6-15)13-16-7-8-18-9-11-19-12-10-18/h3-6,16H,7-13H2,1-2H3. The van der Waals surface area contributed by atoms with Gasteiger partial charge in [-0.1, -0.05) is 12.1 Å². The van der Waals surface area contributed by atoms with E-state index in [1.807, 2.05) is 0 Å². The van der Waals surface area contributed by atoms with Gasteiger partial charge in [0.1, 0.15) is 0 Å². The third-order valence-corrected chi connectivity index (χ3v) is 3.49. The Labute approximate surface area is 116 Å². The molecule has 1 aromatic rings. The first kappa shape index (κ1) is 14.3. The summed E-state index contributed by atoms with van der Waals surface area (Å²) in [6.45, 7) is 6.99. The van der Waals surface area contributed by atoms with Gasteiger partial charge in [0.05, 0.1) is 13.2 Å². The molecular formula is C15H25N3O. The second-order valence-electron chi connectivity index (χ2n) is 5.19. The fourth-order valence-corrected chi connectivity index (χ4v) is 2.21. The van der Waals surface area contributed by atoms with Gasteiger partial charge in [-0.25, -0.2) is 0 Å². The molecule has 19 heavy (non-hydrogen) atoms. The van der Waals surface area contributed by atoms with E-state index in [1.165, 1.54) is 11.3 Å². The molecule has 1 aliphatic rings. The molecule has 1 aromatic carbocycles. The smallest absolute Gasteiger partial charge is 0.0594 e. The van der Waals surface area contributed by atoms with E-state index < -0.39 is 0 Å². The van der Waals surface area contributed by atoms with Crippen LogP contribution in [0.25, 0.3) is 0 Å². The average Bonchev–Trinajstić information content (AvgIpc) is 2.45. The molecule has 0 radical (unpaired) electrons. The Balaban J connectivity index is 1.64. The molecule has 0 unspecified atom stereocenters. The van der Waals surface area contributed by atoms with Gasteiger partial charge in [-0.2, -0.15) is 0 Å². The largest absolute Gasteiger partial charge is 0.379 e. The monoisotopic (exact) mass is 263 g/mol. The Morgan fingerprint density at radius 2 is 1.84 bits per heavy atom. The molecule has 2 rings (SSSR count). The van der Waals surface area contributed by atoms with Crippen LogP contribution >= 0.6 is 0 Å². The zero-order valence-corrected chi connectivity index (χ0v) is 12.1. The number of rotatable bonds is 6. The van der Waals surface area contributed by atoms with Crippen molar-refractivity contribution in [2.24, 2.45) is 0 Å². The molecule has 1 aliphatic heterocycles. The van der Waals surface area contributed by atoms with Gasteiger partial charge in [0.15, 0.2) is 0 Å². The topological polar surface area (TPSA) is 27.7 Å². The second-order valence-corrected chi connectivity index (χ2v) is 5.19. The number of ether oxygens (including phenoxy) is 1. The summed E-state index contributed by atoms with van der Waals surface area (Å²) >= 11 is 0. The van der Waals surface area contributed by atoms with Crippen LogP contribution in [0.5, 0.6) is 0 Å². The van der Waals surface area contributed by atoms with Crippen molar-refractivity contribution in [3.63, 3.8) is 0 Å². The van der Waals surface area contributed by atoms with Crippen molar-refractivity contribution in [3.05, 3.63) is 29.8 Å². The van der Waals surface area contributed by atoms with Crippen LogP contribution in [-0.2, 0) is 11.3 Å². The van der Waals surface area contributed by atoms with Gasteiger partial charge in [0.25, 0.3) is 0 Å². The van der Waals surface area contributed by atoms with E-state index in [1.54, 1.807) is 0 Å². The molecule has 0 spiro atoms. The van der Waals surface area contributed by atoms with Crippen LogP contribution in [-0.4, -0.2) is 58.4 Å². The predicted molar refractivity (Wildman–Crippen MR) is 79.7 cm³/mol. The van der Waals surface area contributed by atoms with Gasteiger partial charge < -0.3 is 15.0 Å². The van der Waals surface area contributed by atoms with E-state index in [9.17, 15) is 0 Å². The van der Waals surface area contributed by atoms with Crippen molar-refractivity contribution in [2.45, 2.75) is 6.54 Å². The first-order valence-corrected chi connectivity index (χ1v) is 7.03. The molecular weight excluding hydrogens is 238 g/mol. The zero-order chi connectivity index (χ0) is 13.5. The number of nitrogens with zero attached hydrogens (tertiary/aromatic N) is 2. The first-order valence-electron chi connectivity index (χ1n) is 7.03. The highest BCUT2D eigenvalue weighted by Crippen LogP contribution is 2.11. The Hall–Kier alpha value is -1.10. The lowest BCUT2D eigenvalue weighted by Crippen LogP contribution is -2.40. The van der Waals surface area contributed by atoms with Crippen molar-refractivity contribution in [1.82, 2.24) is 10.2 Å². The van der Waals surface area contributed by atoms with Gasteiger partial charge in [-0.3, -0.25) is 4.90 Å². The maximum Gasteiger partial charge on any atom is 0.0594 e. The van der Waals surface area contributed by atoms with E-state index in [-0.39, 0.29) is 0 Å². The van der Waals surface area contributed by atoms with Gasteiger partial charge in [-0.15, -0.1) is 0 Å². The summed E-state index contributed by atoms with van der Waals surface area (Å²) < 4.78 is 5.34. The van der Waals surface area contributed by atoms with E-state index in [0.29, 0.717) is 0 Å². The summed E-state index contributed by atoms with van der Waals surface area (Å²) in [6.07, 6.45) is 0. The van der Waals surface area contributed by atoms with Crippen LogP contribution < -0.4 is 10.2 Å². The minimum absolute atomic E-state index is 0.881. The van der Waals surface area contributed by atoms with Crippen molar-refractivity contribution in [3.8, 4) is 0 Å². The van der Waals surface area contributed by atoms with E-state index in [0.717, 1.165) is 45.9 Å². The minimum atomic E-state index is 0.881. The zero-order valence-electron chi connectivity index (χ0n) is 12.1. The van der Waals surface area contributed by atoms with E-state index >= 15 is 0 Å². The maximum absolute atomic E-state index is 5.34. The highest BCUT2D eigenvalue weighted by atomic mass is 16.5. The number of anilines is 1. The lowest BCUT2D eigenvalue weighted by atomic mass is 10.2. The van der Waals surface area contributed by atoms with Crippen LogP contribution in [0, 0.1) is 0 Å². The molecule has 0 bridgehead atoms. The number of hydrogen-bond acceptors (Lipinski definition) is 4. The predicted octanol–water partition coefficient (Wildman–Crippen LogP) is 1.17. The van der Waals surface area contributed by atoms with Gasteiger partial charge in [0.2, 0.25) is 0 Å². The van der Waals surface area contributed by atoms with Crippen molar-refractivity contribution >= 4 is 5.69 Å². The molecule has 1 heterocycles. The van der Waals surface area contributed by atoms with Crippen molar-refractivity contribution in [1.29, 1.82) is 0 Å². The van der Waals surface area contributed by atoms with E-state index in [2.05, 4.69) is 53.5 Å². The Kier molecular flexibility index (Phi) is 5.63. The summed E-state index contributed by atoms with van der Waals surface area (Å²) in [6, 6.07) is 8.71. The highest BCUT2D eigenvalue weighted by molar-refractivity contribution is 5.45. The lowest BCUT2D eigenvalue weighted by Gasteiger charge is -2.26. The second kappa shape index (κ2) is 7.48. The third kappa shape index (κ3) is 4.82. The van der Waals surface area contributed by atoms with Gasteiger partial charge >= 0.3 is 0 Å². The number of benzene rings is 1. The SMILES string of the molecule is CN(C)c1ccc(CNCCN2CCOCC2)cc1. The molecule has 1 N–H and O–H groups in total. The summed E-state index contributed by atoms with van der Waals surface area (Å²) in [5.74, 6) is 0. The molecule has 0 saturated carbocycles. The van der Waals surface area contributed by atoms with Crippen LogP contribution in [0.2, 0.25) is 0 Å². The summed E-state index contributed by atoms with van der Waals surface area (Å²) in [4.78, 5) is 4.57. The summed E-state index contributed by atoms with van der Waals surface area (Å²) in [7, 11) is 4.13. The average molecular weight is 263 g/mol. The van der Waals surface area contributed by atoms with Crippen LogP contribution in [0.15, 0.2) is 24.3 Å². The molecule has 106 valence electrons. The molecule has 0 atom stereocenters. The van der Waals surface area contributed by atoms with Crippen LogP contribution in [0.3, 0.4) is 0 Å². The fourth-order valence-electron chi connectivity index (χ4n) is 2.21. The number of hydrogen-bond donors (Lipinski definition) is 1. The maximum atomic E-state index is 5.34. The first-order chi connectivity index (χ1) is 9.25. The normalized spacial score (nSPS) is 16.5. The number of morpholine rings is 1. The fraction of sp³-hybridized carbons (Fsp3) is 0.600. The number of nitrogens with one attached hydrogen (secondary N) is 1. The Bertz CT molecular complexity index is 358. The Morgan fingerprint density at radius 1 is 1.16 bits per heavy atom. The summed E-state index contributed by atoms with van der Waals surface area (Å²) in [5, 5.41) is 3.50. The van der Waals surface area contributed by atoms with Crippen LogP contribution in [0.1, 0.15) is 5.56 Å². The molecule has 0 amide bonds. The molecule has 0 aromatic heterocycles. The lowest BCUT2D eigenvalue weighted by molar-refractivity contribution is 0.0384.